The molecule has 0 unspecified atom stereocenters. The molecular formula is C8H12ClN3O2. The van der Waals surface area contributed by atoms with E-state index in [1.807, 2.05) is 0 Å². The van der Waals surface area contributed by atoms with Gasteiger partial charge in [-0.25, -0.2) is 4.68 Å². The number of nitrogens with one attached hydrogen (secondary N) is 1. The van der Waals surface area contributed by atoms with Crippen LogP contribution in [0.3, 0.4) is 0 Å². The Morgan fingerprint density at radius 2 is 2.43 bits per heavy atom. The fraction of sp³-hybridized carbons (Fsp3) is 0.500. The summed E-state index contributed by atoms with van der Waals surface area (Å²) < 4.78 is 6.03. The van der Waals surface area contributed by atoms with E-state index in [0.717, 1.165) is 0 Å². The highest BCUT2D eigenvalue weighted by Gasteiger charge is 2.05. The first kappa shape index (κ1) is 11.0. The van der Waals surface area contributed by atoms with E-state index in [1.165, 1.54) is 10.9 Å². The molecule has 0 fully saturated rings. The molecule has 0 aliphatic carbocycles. The molecule has 0 aliphatic rings. The fourth-order valence-corrected chi connectivity index (χ4v) is 1.16. The Labute approximate surface area is 86.6 Å². The normalized spacial score (nSPS) is 10.2. The molecule has 0 radical (unpaired) electrons. The largest absolute Gasteiger partial charge is 0.383 e. The van der Waals surface area contributed by atoms with Gasteiger partial charge in [-0.05, 0) is 0 Å². The van der Waals surface area contributed by atoms with Crippen molar-refractivity contribution in [2.24, 2.45) is 7.05 Å². The molecule has 0 bridgehead atoms. The third kappa shape index (κ3) is 2.46. The third-order valence-corrected chi connectivity index (χ3v) is 2.07. The summed E-state index contributed by atoms with van der Waals surface area (Å²) in [6.07, 6.45) is 1.51. The van der Waals surface area contributed by atoms with Crippen molar-refractivity contribution in [2.45, 2.75) is 0 Å². The number of hydrogen-bond acceptors (Lipinski definition) is 4. The van der Waals surface area contributed by atoms with Crippen molar-refractivity contribution in [1.29, 1.82) is 0 Å². The van der Waals surface area contributed by atoms with E-state index in [0.29, 0.717) is 18.8 Å². The molecule has 0 saturated carbocycles. The summed E-state index contributed by atoms with van der Waals surface area (Å²) in [6, 6.07) is 0. The quantitative estimate of drug-likeness (QED) is 0.746. The molecule has 0 aromatic carbocycles. The molecule has 0 saturated heterocycles. The van der Waals surface area contributed by atoms with Crippen molar-refractivity contribution in [3.63, 3.8) is 0 Å². The highest BCUT2D eigenvalue weighted by atomic mass is 35.5. The third-order valence-electron chi connectivity index (χ3n) is 1.70. The monoisotopic (exact) mass is 217 g/mol. The summed E-state index contributed by atoms with van der Waals surface area (Å²) in [7, 11) is 3.15. The molecule has 1 rings (SSSR count). The molecule has 0 aliphatic heterocycles. The molecule has 5 nitrogen and oxygen atoms in total. The first-order chi connectivity index (χ1) is 6.66. The van der Waals surface area contributed by atoms with Crippen LogP contribution in [-0.4, -0.2) is 30.0 Å². The van der Waals surface area contributed by atoms with Gasteiger partial charge in [0.1, 0.15) is 5.02 Å². The molecule has 0 atom stereocenters. The van der Waals surface area contributed by atoms with Gasteiger partial charge >= 0.3 is 0 Å². The smallest absolute Gasteiger partial charge is 0.287 e. The number of aromatic nitrogens is 2. The van der Waals surface area contributed by atoms with Crippen molar-refractivity contribution in [3.05, 3.63) is 21.6 Å². The second kappa shape index (κ2) is 4.97. The van der Waals surface area contributed by atoms with Crippen LogP contribution in [0.15, 0.2) is 11.0 Å². The second-order valence-electron chi connectivity index (χ2n) is 2.72. The second-order valence-corrected chi connectivity index (χ2v) is 3.10. The molecule has 1 aromatic heterocycles. The molecule has 14 heavy (non-hydrogen) atoms. The number of aryl methyl sites for hydroxylation is 1. The number of hydrogen-bond donors (Lipinski definition) is 1. The van der Waals surface area contributed by atoms with E-state index in [1.54, 1.807) is 14.2 Å². The van der Waals surface area contributed by atoms with E-state index in [4.69, 9.17) is 16.3 Å². The first-order valence-electron chi connectivity index (χ1n) is 4.11. The molecular weight excluding hydrogens is 206 g/mol. The van der Waals surface area contributed by atoms with Crippen LogP contribution < -0.4 is 10.9 Å². The number of rotatable bonds is 4. The van der Waals surface area contributed by atoms with Gasteiger partial charge in [0.05, 0.1) is 18.5 Å². The lowest BCUT2D eigenvalue weighted by atomic mass is 10.4. The number of nitrogens with zero attached hydrogens (tertiary/aromatic N) is 2. The number of anilines is 1. The maximum Gasteiger partial charge on any atom is 0.287 e. The molecule has 0 amide bonds. The molecule has 1 heterocycles. The van der Waals surface area contributed by atoms with Crippen LogP contribution in [-0.2, 0) is 11.8 Å². The van der Waals surface area contributed by atoms with Crippen molar-refractivity contribution in [2.75, 3.05) is 25.6 Å². The van der Waals surface area contributed by atoms with Gasteiger partial charge in [0.15, 0.2) is 0 Å². The summed E-state index contributed by atoms with van der Waals surface area (Å²) in [5, 5.41) is 6.94. The zero-order valence-corrected chi connectivity index (χ0v) is 8.84. The van der Waals surface area contributed by atoms with E-state index < -0.39 is 0 Å². The fourth-order valence-electron chi connectivity index (χ4n) is 0.922. The summed E-state index contributed by atoms with van der Waals surface area (Å²) in [5.74, 6) is 0. The molecule has 1 N–H and O–H groups in total. The lowest BCUT2D eigenvalue weighted by Crippen LogP contribution is -2.21. The Kier molecular flexibility index (Phi) is 3.91. The Balaban J connectivity index is 2.79. The lowest BCUT2D eigenvalue weighted by Gasteiger charge is -2.07. The first-order valence-corrected chi connectivity index (χ1v) is 4.49. The van der Waals surface area contributed by atoms with Gasteiger partial charge in [0.2, 0.25) is 0 Å². The van der Waals surface area contributed by atoms with E-state index in [-0.39, 0.29) is 10.6 Å². The van der Waals surface area contributed by atoms with Gasteiger partial charge in [0.25, 0.3) is 5.56 Å². The minimum absolute atomic E-state index is 0.151. The van der Waals surface area contributed by atoms with Crippen LogP contribution >= 0.6 is 11.6 Å². The topological polar surface area (TPSA) is 56.1 Å². The van der Waals surface area contributed by atoms with E-state index >= 15 is 0 Å². The SMILES string of the molecule is COCCNc1cnn(C)c(=O)c1Cl. The predicted molar refractivity (Wildman–Crippen MR) is 54.9 cm³/mol. The zero-order valence-electron chi connectivity index (χ0n) is 8.08. The number of methoxy groups -OCH3 is 1. The Morgan fingerprint density at radius 1 is 1.71 bits per heavy atom. The Bertz CT molecular complexity index is 364. The molecule has 0 spiro atoms. The standard InChI is InChI=1S/C8H12ClN3O2/c1-12-8(13)7(9)6(5-11-12)10-3-4-14-2/h5,10H,3-4H2,1-2H3. The van der Waals surface area contributed by atoms with Gasteiger partial charge in [0, 0.05) is 20.7 Å². The van der Waals surface area contributed by atoms with Crippen LogP contribution in [0.2, 0.25) is 5.02 Å². The molecule has 1 aromatic rings. The number of ether oxygens (including phenoxy) is 1. The average Bonchev–Trinajstić information content (AvgIpc) is 2.18. The maximum absolute atomic E-state index is 11.3. The van der Waals surface area contributed by atoms with Crippen LogP contribution in [0.25, 0.3) is 0 Å². The Hall–Kier alpha value is -1.07. The Morgan fingerprint density at radius 3 is 3.07 bits per heavy atom. The van der Waals surface area contributed by atoms with Crippen molar-refractivity contribution in [3.8, 4) is 0 Å². The highest BCUT2D eigenvalue weighted by molar-refractivity contribution is 6.32. The van der Waals surface area contributed by atoms with Gasteiger partial charge < -0.3 is 10.1 Å². The van der Waals surface area contributed by atoms with Gasteiger partial charge in [-0.2, -0.15) is 5.10 Å². The highest BCUT2D eigenvalue weighted by Crippen LogP contribution is 2.13. The van der Waals surface area contributed by atoms with Crippen LogP contribution in [0.1, 0.15) is 0 Å². The summed E-state index contributed by atoms with van der Waals surface area (Å²) >= 11 is 5.80. The van der Waals surface area contributed by atoms with Gasteiger partial charge in [-0.1, -0.05) is 11.6 Å². The van der Waals surface area contributed by atoms with Crippen molar-refractivity contribution >= 4 is 17.3 Å². The number of halogens is 1. The predicted octanol–water partition coefficient (Wildman–Crippen LogP) is 0.492. The summed E-state index contributed by atoms with van der Waals surface area (Å²) in [6.45, 7) is 1.14. The van der Waals surface area contributed by atoms with Crippen LogP contribution in [0.4, 0.5) is 5.69 Å². The van der Waals surface area contributed by atoms with Gasteiger partial charge in [-0.3, -0.25) is 4.79 Å². The maximum atomic E-state index is 11.3. The minimum atomic E-state index is -0.311. The zero-order chi connectivity index (χ0) is 10.6. The van der Waals surface area contributed by atoms with Crippen molar-refractivity contribution < 1.29 is 4.74 Å². The lowest BCUT2D eigenvalue weighted by molar-refractivity contribution is 0.211. The summed E-state index contributed by atoms with van der Waals surface area (Å²) in [5.41, 5.74) is 0.223. The van der Waals surface area contributed by atoms with Crippen LogP contribution in [0, 0.1) is 0 Å². The summed E-state index contributed by atoms with van der Waals surface area (Å²) in [4.78, 5) is 11.3. The minimum Gasteiger partial charge on any atom is -0.383 e. The molecule has 6 heteroatoms. The molecule has 78 valence electrons. The van der Waals surface area contributed by atoms with E-state index in [9.17, 15) is 4.79 Å². The van der Waals surface area contributed by atoms with E-state index in [2.05, 4.69) is 10.4 Å². The van der Waals surface area contributed by atoms with Crippen LogP contribution in [0.5, 0.6) is 0 Å². The van der Waals surface area contributed by atoms with Gasteiger partial charge in [-0.15, -0.1) is 0 Å². The van der Waals surface area contributed by atoms with Crippen molar-refractivity contribution in [1.82, 2.24) is 9.78 Å². The average molecular weight is 218 g/mol.